The fourth-order valence-corrected chi connectivity index (χ4v) is 8.20. The number of hydrogen-bond acceptors (Lipinski definition) is 5. The van der Waals surface area contributed by atoms with Crippen molar-refractivity contribution < 1.29 is 35.9 Å². The number of sulfone groups is 1. The number of ether oxygens (including phenoxy) is 1. The molecule has 1 fully saturated rings. The minimum atomic E-state index is -4.01. The Balaban J connectivity index is 1.87. The van der Waals surface area contributed by atoms with Crippen molar-refractivity contribution in [2.24, 2.45) is 17.8 Å². The third kappa shape index (κ3) is 6.87. The highest BCUT2D eigenvalue weighted by atomic mass is 35.5. The van der Waals surface area contributed by atoms with Crippen molar-refractivity contribution in [1.29, 1.82) is 0 Å². The van der Waals surface area contributed by atoms with Gasteiger partial charge in [0.15, 0.2) is 27.3 Å². The Morgan fingerprint density at radius 1 is 1.15 bits per heavy atom. The summed E-state index contributed by atoms with van der Waals surface area (Å²) in [6, 6.07) is 4.96. The fraction of sp³-hybridized carbons (Fsp3) is 0.481. The van der Waals surface area contributed by atoms with Crippen molar-refractivity contribution >= 4 is 39.1 Å². The average Bonchev–Trinajstić information content (AvgIpc) is 3.26. The SMILES string of the molecule is CC[C@H](C[C@@H]1CCC(C)C1S(=O)(=O)c1cc(C(=O)Nc2cc(F)c(F)c(F)c2)ccc1Cl)CN(C)C(=O)OC. The van der Waals surface area contributed by atoms with E-state index in [1.54, 1.807) is 7.05 Å². The summed E-state index contributed by atoms with van der Waals surface area (Å²) in [5.74, 6) is -5.79. The predicted octanol–water partition coefficient (Wildman–Crippen LogP) is 6.31. The van der Waals surface area contributed by atoms with E-state index in [-0.39, 0.29) is 38.9 Å². The van der Waals surface area contributed by atoms with Crippen LogP contribution >= 0.6 is 11.6 Å². The second kappa shape index (κ2) is 12.6. The topological polar surface area (TPSA) is 92.8 Å². The minimum absolute atomic E-state index is 0.0474. The zero-order valence-corrected chi connectivity index (χ0v) is 23.7. The maximum absolute atomic E-state index is 13.9. The molecule has 214 valence electrons. The van der Waals surface area contributed by atoms with Gasteiger partial charge in [0.2, 0.25) is 0 Å². The van der Waals surface area contributed by atoms with Crippen LogP contribution in [0, 0.1) is 35.2 Å². The molecule has 0 bridgehead atoms. The molecule has 2 amide bonds. The molecule has 2 aromatic rings. The number of anilines is 1. The number of carbonyl (C=O) groups is 2. The Bertz CT molecular complexity index is 1320. The fourth-order valence-electron chi connectivity index (χ4n) is 5.34. The molecular weight excluding hydrogens is 557 g/mol. The molecule has 1 aliphatic rings. The maximum Gasteiger partial charge on any atom is 0.409 e. The number of nitrogens with zero attached hydrogens (tertiary/aromatic N) is 1. The highest BCUT2D eigenvalue weighted by Gasteiger charge is 2.44. The van der Waals surface area contributed by atoms with Crippen molar-refractivity contribution in [1.82, 2.24) is 4.90 Å². The van der Waals surface area contributed by atoms with E-state index in [2.05, 4.69) is 5.32 Å². The lowest BCUT2D eigenvalue weighted by molar-refractivity contribution is 0.102. The third-order valence-electron chi connectivity index (χ3n) is 7.35. The van der Waals surface area contributed by atoms with Crippen molar-refractivity contribution in [2.75, 3.05) is 26.0 Å². The molecule has 4 atom stereocenters. The van der Waals surface area contributed by atoms with Crippen LogP contribution in [-0.2, 0) is 14.6 Å². The Hall–Kier alpha value is -2.79. The van der Waals surface area contributed by atoms with Gasteiger partial charge >= 0.3 is 6.09 Å². The summed E-state index contributed by atoms with van der Waals surface area (Å²) in [5, 5.41) is 1.44. The molecule has 0 aromatic heterocycles. The Labute approximate surface area is 231 Å². The van der Waals surface area contributed by atoms with Crippen LogP contribution in [0.25, 0.3) is 0 Å². The number of carbonyl (C=O) groups excluding carboxylic acids is 2. The number of nitrogens with one attached hydrogen (secondary N) is 1. The monoisotopic (exact) mass is 588 g/mol. The summed E-state index contributed by atoms with van der Waals surface area (Å²) in [6.07, 6.45) is 2.22. The van der Waals surface area contributed by atoms with Crippen LogP contribution in [0.1, 0.15) is 49.9 Å². The van der Waals surface area contributed by atoms with Crippen molar-refractivity contribution in [3.63, 3.8) is 0 Å². The molecule has 1 saturated carbocycles. The van der Waals surface area contributed by atoms with Crippen molar-refractivity contribution in [2.45, 2.75) is 49.7 Å². The molecule has 7 nitrogen and oxygen atoms in total. The van der Waals surface area contributed by atoms with Gasteiger partial charge in [-0.3, -0.25) is 4.79 Å². The molecule has 39 heavy (non-hydrogen) atoms. The standard InChI is InChI=1S/C27H32ClF3N2O5S/c1-5-16(14-33(3)27(35)38-4)10-17-7-6-15(2)25(17)39(36,37)23-11-18(8-9-20(23)28)26(34)32-19-12-21(29)24(31)22(30)13-19/h8-9,11-13,15-17,25H,5-7,10,14H2,1-4H3,(H,32,34)/t15?,16-,17+,25?/m1/s1. The molecule has 2 unspecified atom stereocenters. The molecule has 1 N–H and O–H groups in total. The zero-order chi connectivity index (χ0) is 29.1. The summed E-state index contributed by atoms with van der Waals surface area (Å²) in [6.45, 7) is 4.27. The summed E-state index contributed by atoms with van der Waals surface area (Å²) >= 11 is 6.32. The molecule has 0 saturated heterocycles. The molecule has 0 radical (unpaired) electrons. The molecule has 1 aliphatic carbocycles. The summed E-state index contributed by atoms with van der Waals surface area (Å²) in [5.41, 5.74) is -0.431. The van der Waals surface area contributed by atoms with Gasteiger partial charge in [0, 0.05) is 37.0 Å². The minimum Gasteiger partial charge on any atom is -0.453 e. The van der Waals surface area contributed by atoms with E-state index >= 15 is 0 Å². The van der Waals surface area contributed by atoms with E-state index in [9.17, 15) is 31.2 Å². The van der Waals surface area contributed by atoms with E-state index in [0.29, 0.717) is 37.9 Å². The van der Waals surface area contributed by atoms with Gasteiger partial charge in [-0.1, -0.05) is 31.9 Å². The first kappa shape index (κ1) is 30.7. The third-order valence-corrected chi connectivity index (χ3v) is 10.3. The van der Waals surface area contributed by atoms with E-state index in [0.717, 1.165) is 12.5 Å². The number of benzene rings is 2. The number of rotatable bonds is 9. The van der Waals surface area contributed by atoms with Crippen LogP contribution < -0.4 is 5.32 Å². The van der Waals surface area contributed by atoms with Crippen molar-refractivity contribution in [3.8, 4) is 0 Å². The lowest BCUT2D eigenvalue weighted by atomic mass is 9.90. The number of hydrogen-bond donors (Lipinski definition) is 1. The lowest BCUT2D eigenvalue weighted by Crippen LogP contribution is -2.35. The number of methoxy groups -OCH3 is 1. The summed E-state index contributed by atoms with van der Waals surface area (Å²) in [7, 11) is -1.07. The van der Waals surface area contributed by atoms with Crippen molar-refractivity contribution in [3.05, 3.63) is 58.4 Å². The van der Waals surface area contributed by atoms with Crippen LogP contribution in [0.2, 0.25) is 5.02 Å². The van der Waals surface area contributed by atoms with E-state index in [1.165, 1.54) is 24.1 Å². The molecule has 0 aliphatic heterocycles. The molecule has 2 aromatic carbocycles. The lowest BCUT2D eigenvalue weighted by Gasteiger charge is -2.29. The molecule has 0 spiro atoms. The highest BCUT2D eigenvalue weighted by Crippen LogP contribution is 2.43. The predicted molar refractivity (Wildman–Crippen MR) is 142 cm³/mol. The largest absolute Gasteiger partial charge is 0.453 e. The first-order valence-electron chi connectivity index (χ1n) is 12.6. The van der Waals surface area contributed by atoms with Crippen LogP contribution in [-0.4, -0.2) is 51.3 Å². The van der Waals surface area contributed by atoms with E-state index in [4.69, 9.17) is 16.3 Å². The van der Waals surface area contributed by atoms with Gasteiger partial charge in [0.25, 0.3) is 5.91 Å². The maximum atomic E-state index is 13.9. The molecule has 3 rings (SSSR count). The van der Waals surface area contributed by atoms with Gasteiger partial charge in [0.05, 0.1) is 22.3 Å². The molecule has 0 heterocycles. The van der Waals surface area contributed by atoms with Crippen LogP contribution in [0.4, 0.5) is 23.7 Å². The van der Waals surface area contributed by atoms with Crippen LogP contribution in [0.5, 0.6) is 0 Å². The summed E-state index contributed by atoms with van der Waals surface area (Å²) < 4.78 is 73.0. The normalized spacial score (nSPS) is 19.9. The molecule has 12 heteroatoms. The van der Waals surface area contributed by atoms with Gasteiger partial charge in [-0.15, -0.1) is 0 Å². The average molecular weight is 589 g/mol. The first-order valence-corrected chi connectivity index (χ1v) is 14.5. The van der Waals surface area contributed by atoms with E-state index in [1.807, 2.05) is 13.8 Å². The van der Waals surface area contributed by atoms with Gasteiger partial charge in [-0.25, -0.2) is 26.4 Å². The Morgan fingerprint density at radius 3 is 2.38 bits per heavy atom. The number of amides is 2. The van der Waals surface area contributed by atoms with E-state index < -0.39 is 44.5 Å². The Morgan fingerprint density at radius 2 is 1.79 bits per heavy atom. The molecular formula is C27H32ClF3N2O5S. The Kier molecular flexibility index (Phi) is 9.93. The summed E-state index contributed by atoms with van der Waals surface area (Å²) in [4.78, 5) is 25.9. The van der Waals surface area contributed by atoms with Gasteiger partial charge < -0.3 is 15.0 Å². The zero-order valence-electron chi connectivity index (χ0n) is 22.1. The van der Waals surface area contributed by atoms with Gasteiger partial charge in [-0.05, 0) is 55.2 Å². The van der Waals surface area contributed by atoms with Crippen LogP contribution in [0.15, 0.2) is 35.2 Å². The second-order valence-electron chi connectivity index (χ2n) is 10.0. The number of halogens is 4. The highest BCUT2D eigenvalue weighted by molar-refractivity contribution is 7.92. The smallest absolute Gasteiger partial charge is 0.409 e. The van der Waals surface area contributed by atoms with Crippen LogP contribution in [0.3, 0.4) is 0 Å². The first-order chi connectivity index (χ1) is 18.3. The second-order valence-corrected chi connectivity index (χ2v) is 12.5. The van der Waals surface area contributed by atoms with Gasteiger partial charge in [0.1, 0.15) is 0 Å². The van der Waals surface area contributed by atoms with Gasteiger partial charge in [-0.2, -0.15) is 0 Å². The quantitative estimate of drug-likeness (QED) is 0.346.